The summed E-state index contributed by atoms with van der Waals surface area (Å²) >= 11 is 0. The van der Waals surface area contributed by atoms with Gasteiger partial charge in [0, 0.05) is 7.05 Å². The van der Waals surface area contributed by atoms with Crippen molar-refractivity contribution in [1.29, 1.82) is 0 Å². The zero-order valence-electron chi connectivity index (χ0n) is 6.97. The fourth-order valence-corrected chi connectivity index (χ4v) is 0.804. The fraction of sp³-hybridized carbons (Fsp3) is 0.429. The number of nitrogen functional groups attached to an aromatic ring is 1. The van der Waals surface area contributed by atoms with Gasteiger partial charge in [-0.1, -0.05) is 0 Å². The van der Waals surface area contributed by atoms with E-state index in [0.29, 0.717) is 11.6 Å². The van der Waals surface area contributed by atoms with Crippen LogP contribution in [0.3, 0.4) is 0 Å². The van der Waals surface area contributed by atoms with Gasteiger partial charge in [-0.3, -0.25) is 0 Å². The third kappa shape index (κ3) is 1.39. The molecule has 0 saturated heterocycles. The molecule has 0 amide bonds. The van der Waals surface area contributed by atoms with Crippen LogP contribution in [-0.2, 0) is 0 Å². The first-order valence-electron chi connectivity index (χ1n) is 3.43. The molecular formula is C7H12N4. The highest BCUT2D eigenvalue weighted by molar-refractivity contribution is 5.56. The van der Waals surface area contributed by atoms with Gasteiger partial charge in [-0.25, -0.2) is 9.97 Å². The normalized spacial score (nSPS) is 9.73. The smallest absolute Gasteiger partial charge is 0.168 e. The zero-order chi connectivity index (χ0) is 8.43. The predicted molar refractivity (Wildman–Crippen MR) is 45.5 cm³/mol. The van der Waals surface area contributed by atoms with Crippen molar-refractivity contribution in [3.05, 3.63) is 11.4 Å². The van der Waals surface area contributed by atoms with Crippen LogP contribution >= 0.6 is 0 Å². The second-order valence-electron chi connectivity index (χ2n) is 2.38. The molecule has 4 heteroatoms. The van der Waals surface area contributed by atoms with Crippen molar-refractivity contribution < 1.29 is 0 Å². The van der Waals surface area contributed by atoms with Crippen molar-refractivity contribution in [2.75, 3.05) is 18.1 Å². The van der Waals surface area contributed by atoms with Gasteiger partial charge in [0.2, 0.25) is 0 Å². The van der Waals surface area contributed by atoms with Gasteiger partial charge in [-0.05, 0) is 13.8 Å². The van der Waals surface area contributed by atoms with Crippen molar-refractivity contribution in [2.45, 2.75) is 13.8 Å². The number of hydrogen-bond donors (Lipinski definition) is 2. The quantitative estimate of drug-likeness (QED) is 0.622. The summed E-state index contributed by atoms with van der Waals surface area (Å²) in [6, 6.07) is 0. The lowest BCUT2D eigenvalue weighted by atomic mass is 10.3. The minimum Gasteiger partial charge on any atom is -0.381 e. The van der Waals surface area contributed by atoms with Crippen molar-refractivity contribution in [2.24, 2.45) is 0 Å². The number of hydrogen-bond acceptors (Lipinski definition) is 4. The number of aryl methyl sites for hydroxylation is 2. The molecule has 60 valence electrons. The number of anilines is 2. The fourth-order valence-electron chi connectivity index (χ4n) is 0.804. The second kappa shape index (κ2) is 2.74. The average Bonchev–Trinajstić information content (AvgIpc) is 1.97. The molecule has 0 spiro atoms. The molecule has 0 aromatic carbocycles. The molecule has 1 rings (SSSR count). The number of nitrogens with one attached hydrogen (secondary N) is 1. The van der Waals surface area contributed by atoms with Gasteiger partial charge < -0.3 is 11.1 Å². The van der Waals surface area contributed by atoms with Gasteiger partial charge in [0.25, 0.3) is 0 Å². The maximum Gasteiger partial charge on any atom is 0.168 e. The number of nitrogens with two attached hydrogens (primary N) is 1. The molecule has 0 aliphatic heterocycles. The first-order valence-corrected chi connectivity index (χ1v) is 3.43. The molecule has 0 fully saturated rings. The summed E-state index contributed by atoms with van der Waals surface area (Å²) in [7, 11) is 1.77. The molecule has 0 bridgehead atoms. The highest BCUT2D eigenvalue weighted by Gasteiger charge is 2.02. The van der Waals surface area contributed by atoms with E-state index in [9.17, 15) is 0 Å². The molecule has 0 radical (unpaired) electrons. The summed E-state index contributed by atoms with van der Waals surface area (Å²) in [5, 5.41) is 2.86. The van der Waals surface area contributed by atoms with Crippen molar-refractivity contribution in [3.8, 4) is 0 Å². The van der Waals surface area contributed by atoms with E-state index in [1.807, 2.05) is 13.8 Å². The largest absolute Gasteiger partial charge is 0.381 e. The van der Waals surface area contributed by atoms with Crippen molar-refractivity contribution >= 4 is 11.6 Å². The van der Waals surface area contributed by atoms with Gasteiger partial charge >= 0.3 is 0 Å². The maximum absolute atomic E-state index is 5.56. The van der Waals surface area contributed by atoms with E-state index in [1.165, 1.54) is 0 Å². The third-order valence-electron chi connectivity index (χ3n) is 1.57. The monoisotopic (exact) mass is 152 g/mol. The summed E-state index contributed by atoms with van der Waals surface area (Å²) in [6.45, 7) is 3.79. The lowest BCUT2D eigenvalue weighted by molar-refractivity contribution is 1.05. The van der Waals surface area contributed by atoms with Crippen LogP contribution in [-0.4, -0.2) is 17.0 Å². The Morgan fingerprint density at radius 2 is 1.73 bits per heavy atom. The van der Waals surface area contributed by atoms with E-state index in [-0.39, 0.29) is 0 Å². The van der Waals surface area contributed by atoms with Gasteiger partial charge in [0.15, 0.2) is 11.6 Å². The molecule has 0 saturated carbocycles. The summed E-state index contributed by atoms with van der Waals surface area (Å²) in [5.41, 5.74) is 7.35. The zero-order valence-corrected chi connectivity index (χ0v) is 6.97. The summed E-state index contributed by atoms with van der Waals surface area (Å²) < 4.78 is 0. The van der Waals surface area contributed by atoms with Crippen LogP contribution in [0.25, 0.3) is 0 Å². The van der Waals surface area contributed by atoms with Crippen LogP contribution in [0.5, 0.6) is 0 Å². The molecule has 4 nitrogen and oxygen atoms in total. The maximum atomic E-state index is 5.56. The molecule has 1 aromatic heterocycles. The number of nitrogens with zero attached hydrogens (tertiary/aromatic N) is 2. The van der Waals surface area contributed by atoms with E-state index in [2.05, 4.69) is 15.3 Å². The lowest BCUT2D eigenvalue weighted by Gasteiger charge is -2.05. The van der Waals surface area contributed by atoms with Crippen molar-refractivity contribution in [3.63, 3.8) is 0 Å². The van der Waals surface area contributed by atoms with Gasteiger partial charge in [0.05, 0.1) is 11.4 Å². The Balaban J connectivity index is 3.21. The minimum atomic E-state index is 0.454. The minimum absolute atomic E-state index is 0.454. The molecule has 1 heterocycles. The van der Waals surface area contributed by atoms with Gasteiger partial charge in [0.1, 0.15) is 0 Å². The van der Waals surface area contributed by atoms with E-state index < -0.39 is 0 Å². The number of rotatable bonds is 1. The second-order valence-corrected chi connectivity index (χ2v) is 2.38. The van der Waals surface area contributed by atoms with Crippen LogP contribution in [0.1, 0.15) is 11.4 Å². The first kappa shape index (κ1) is 7.78. The predicted octanol–water partition coefficient (Wildman–Crippen LogP) is 0.717. The Morgan fingerprint density at radius 3 is 2.27 bits per heavy atom. The van der Waals surface area contributed by atoms with Gasteiger partial charge in [-0.15, -0.1) is 0 Å². The van der Waals surface area contributed by atoms with Crippen molar-refractivity contribution in [1.82, 2.24) is 9.97 Å². The van der Waals surface area contributed by atoms with Crippen LogP contribution < -0.4 is 11.1 Å². The number of aromatic nitrogens is 2. The molecular weight excluding hydrogens is 140 g/mol. The molecule has 1 aromatic rings. The first-order chi connectivity index (χ1) is 5.15. The molecule has 3 N–H and O–H groups in total. The van der Waals surface area contributed by atoms with Gasteiger partial charge in [-0.2, -0.15) is 0 Å². The summed E-state index contributed by atoms with van der Waals surface area (Å²) in [6.07, 6.45) is 0. The standard InChI is InChI=1S/C7H12N4/c1-4-5(2)11-7(9-3)6(8)10-4/h1-3H3,(H2,8,10)(H,9,11). The van der Waals surface area contributed by atoms with Crippen LogP contribution in [0.4, 0.5) is 11.6 Å². The van der Waals surface area contributed by atoms with E-state index in [1.54, 1.807) is 7.05 Å². The molecule has 0 aliphatic carbocycles. The van der Waals surface area contributed by atoms with Crippen LogP contribution in [0.2, 0.25) is 0 Å². The average molecular weight is 152 g/mol. The Hall–Kier alpha value is -1.32. The SMILES string of the molecule is CNc1nc(C)c(C)nc1N. The summed E-state index contributed by atoms with van der Waals surface area (Å²) in [4.78, 5) is 8.29. The Morgan fingerprint density at radius 1 is 1.18 bits per heavy atom. The highest BCUT2D eigenvalue weighted by atomic mass is 15.0. The molecule has 11 heavy (non-hydrogen) atoms. The van der Waals surface area contributed by atoms with Crippen LogP contribution in [0.15, 0.2) is 0 Å². The Labute approximate surface area is 65.9 Å². The molecule has 0 atom stereocenters. The Bertz CT molecular complexity index is 269. The molecule has 0 aliphatic rings. The van der Waals surface area contributed by atoms with Crippen LogP contribution in [0, 0.1) is 13.8 Å². The van der Waals surface area contributed by atoms with E-state index >= 15 is 0 Å². The topological polar surface area (TPSA) is 63.8 Å². The summed E-state index contributed by atoms with van der Waals surface area (Å²) in [5.74, 6) is 1.10. The van der Waals surface area contributed by atoms with E-state index in [0.717, 1.165) is 11.4 Å². The third-order valence-corrected chi connectivity index (χ3v) is 1.57. The molecule has 0 unspecified atom stereocenters. The lowest BCUT2D eigenvalue weighted by Crippen LogP contribution is -2.04. The Kier molecular flexibility index (Phi) is 1.94. The van der Waals surface area contributed by atoms with E-state index in [4.69, 9.17) is 5.73 Å². The highest BCUT2D eigenvalue weighted by Crippen LogP contribution is 2.13.